The second-order valence-corrected chi connectivity index (χ2v) is 5.16. The first kappa shape index (κ1) is 8.79. The number of rotatable bonds is 2. The molecule has 0 aromatic heterocycles. The van der Waals surface area contributed by atoms with Gasteiger partial charge in [0.15, 0.2) is 0 Å². The van der Waals surface area contributed by atoms with Crippen LogP contribution < -0.4 is 5.09 Å². The van der Waals surface area contributed by atoms with Crippen LogP contribution in [-0.4, -0.2) is 6.61 Å². The Balaban J connectivity index is 2.27. The molecule has 1 atom stereocenters. The molecule has 0 saturated heterocycles. The van der Waals surface area contributed by atoms with Gasteiger partial charge < -0.3 is 9.61 Å². The summed E-state index contributed by atoms with van der Waals surface area (Å²) in [6, 6.07) is 7.77. The van der Waals surface area contributed by atoms with E-state index < -0.39 is 7.52 Å². The van der Waals surface area contributed by atoms with Gasteiger partial charge in [0.25, 0.3) is 7.52 Å². The van der Waals surface area contributed by atoms with Crippen molar-refractivity contribution in [1.82, 2.24) is 0 Å². The molecule has 1 unspecified atom stereocenters. The number of nitrogens with one attached hydrogen (secondary N) is 1. The van der Waals surface area contributed by atoms with Crippen LogP contribution in [0.3, 0.4) is 0 Å². The Morgan fingerprint density at radius 3 is 3.00 bits per heavy atom. The summed E-state index contributed by atoms with van der Waals surface area (Å²) in [5, 5.41) is 2.95. The maximum Gasteiger partial charge on any atom is 0.298 e. The van der Waals surface area contributed by atoms with Gasteiger partial charge in [-0.3, -0.25) is 4.57 Å². The second-order valence-electron chi connectivity index (χ2n) is 3.02. The van der Waals surface area contributed by atoms with Crippen LogP contribution in [0.5, 0.6) is 0 Å². The van der Waals surface area contributed by atoms with Crippen LogP contribution in [0.15, 0.2) is 24.3 Å². The highest BCUT2D eigenvalue weighted by Crippen LogP contribution is 2.56. The molecule has 0 amide bonds. The molecule has 0 fully saturated rings. The van der Waals surface area contributed by atoms with Gasteiger partial charge >= 0.3 is 0 Å². The molecule has 1 aliphatic heterocycles. The van der Waals surface area contributed by atoms with Crippen LogP contribution in [0, 0.1) is 0 Å². The standard InChI is InChI=1S/C9H12NO2P/c1-2-12-13(11)7-8-5-3-4-6-9(8)10-13/h3-6H,2,7H2,1H3,(H,10,11). The highest BCUT2D eigenvalue weighted by molar-refractivity contribution is 7.60. The van der Waals surface area contributed by atoms with E-state index in [1.165, 1.54) is 0 Å². The Bertz CT molecular complexity index is 335. The molecule has 1 N–H and O–H groups in total. The predicted octanol–water partition coefficient (Wildman–Crippen LogP) is 2.84. The van der Waals surface area contributed by atoms with E-state index in [4.69, 9.17) is 4.52 Å². The maximum absolute atomic E-state index is 11.9. The summed E-state index contributed by atoms with van der Waals surface area (Å²) in [7, 11) is -2.60. The van der Waals surface area contributed by atoms with Crippen molar-refractivity contribution < 1.29 is 9.09 Å². The van der Waals surface area contributed by atoms with Crippen molar-refractivity contribution in [3.63, 3.8) is 0 Å². The fourth-order valence-corrected chi connectivity index (χ4v) is 3.46. The predicted molar refractivity (Wildman–Crippen MR) is 53.0 cm³/mol. The zero-order valence-electron chi connectivity index (χ0n) is 7.49. The topological polar surface area (TPSA) is 38.3 Å². The second kappa shape index (κ2) is 3.17. The monoisotopic (exact) mass is 197 g/mol. The average molecular weight is 197 g/mol. The van der Waals surface area contributed by atoms with Crippen LogP contribution in [0.4, 0.5) is 5.69 Å². The molecule has 0 saturated carbocycles. The lowest BCUT2D eigenvalue weighted by atomic mass is 10.2. The van der Waals surface area contributed by atoms with E-state index in [9.17, 15) is 4.57 Å². The molecule has 3 nitrogen and oxygen atoms in total. The van der Waals surface area contributed by atoms with Crippen LogP contribution in [0.2, 0.25) is 0 Å². The zero-order chi connectivity index (χ0) is 9.31. The van der Waals surface area contributed by atoms with E-state index in [0.29, 0.717) is 12.8 Å². The fourth-order valence-electron chi connectivity index (χ4n) is 1.50. The minimum atomic E-state index is -2.60. The molecule has 0 spiro atoms. The van der Waals surface area contributed by atoms with Crippen molar-refractivity contribution in [2.24, 2.45) is 0 Å². The lowest BCUT2D eigenvalue weighted by molar-refractivity contribution is 0.337. The van der Waals surface area contributed by atoms with E-state index >= 15 is 0 Å². The summed E-state index contributed by atoms with van der Waals surface area (Å²) in [6.07, 6.45) is 0.511. The highest BCUT2D eigenvalue weighted by Gasteiger charge is 2.31. The van der Waals surface area contributed by atoms with Gasteiger partial charge in [-0.2, -0.15) is 0 Å². The normalized spacial score (nSPS) is 25.3. The van der Waals surface area contributed by atoms with E-state index in [-0.39, 0.29) is 0 Å². The van der Waals surface area contributed by atoms with Gasteiger partial charge in [-0.1, -0.05) is 18.2 Å². The molecular weight excluding hydrogens is 185 g/mol. The molecule has 0 aliphatic carbocycles. The van der Waals surface area contributed by atoms with Crippen LogP contribution in [0.25, 0.3) is 0 Å². The SMILES string of the molecule is CCOP1(=O)Cc2ccccc2N1. The number of anilines is 1. The molecule has 1 aromatic rings. The molecule has 4 heteroatoms. The van der Waals surface area contributed by atoms with E-state index in [1.807, 2.05) is 31.2 Å². The minimum absolute atomic E-state index is 0.484. The Morgan fingerprint density at radius 2 is 2.31 bits per heavy atom. The minimum Gasteiger partial charge on any atom is -0.315 e. The summed E-state index contributed by atoms with van der Waals surface area (Å²) < 4.78 is 17.2. The average Bonchev–Trinajstić information content (AvgIpc) is 2.40. The number of fused-ring (bicyclic) bond motifs is 1. The van der Waals surface area contributed by atoms with Crippen molar-refractivity contribution in [1.29, 1.82) is 0 Å². The van der Waals surface area contributed by atoms with E-state index in [2.05, 4.69) is 5.09 Å². The van der Waals surface area contributed by atoms with Crippen LogP contribution in [0.1, 0.15) is 12.5 Å². The van der Waals surface area contributed by atoms with Crippen molar-refractivity contribution in [2.75, 3.05) is 11.7 Å². The molecule has 0 radical (unpaired) electrons. The Morgan fingerprint density at radius 1 is 1.54 bits per heavy atom. The number of para-hydroxylation sites is 1. The van der Waals surface area contributed by atoms with Gasteiger partial charge in [0.1, 0.15) is 0 Å². The van der Waals surface area contributed by atoms with Crippen molar-refractivity contribution >= 4 is 13.2 Å². The summed E-state index contributed by atoms with van der Waals surface area (Å²) in [5.41, 5.74) is 2.03. The molecular formula is C9H12NO2P. The number of hydrogen-bond donors (Lipinski definition) is 1. The third kappa shape index (κ3) is 1.62. The molecule has 0 bridgehead atoms. The van der Waals surface area contributed by atoms with Crippen molar-refractivity contribution in [3.8, 4) is 0 Å². The molecule has 1 aliphatic rings. The van der Waals surface area contributed by atoms with Gasteiger partial charge in [0, 0.05) is 5.69 Å². The lowest BCUT2D eigenvalue weighted by Gasteiger charge is -2.10. The smallest absolute Gasteiger partial charge is 0.298 e. The first-order valence-corrected chi connectivity index (χ1v) is 6.14. The summed E-state index contributed by atoms with van der Waals surface area (Å²) >= 11 is 0. The summed E-state index contributed by atoms with van der Waals surface area (Å²) in [6.45, 7) is 2.34. The molecule has 1 aromatic carbocycles. The maximum atomic E-state index is 11.9. The van der Waals surface area contributed by atoms with E-state index in [1.54, 1.807) is 0 Å². The molecule has 1 heterocycles. The van der Waals surface area contributed by atoms with Gasteiger partial charge in [0.2, 0.25) is 0 Å². The molecule has 2 rings (SSSR count). The Labute approximate surface area is 77.6 Å². The van der Waals surface area contributed by atoms with Crippen molar-refractivity contribution in [3.05, 3.63) is 29.8 Å². The number of hydrogen-bond acceptors (Lipinski definition) is 2. The fraction of sp³-hybridized carbons (Fsp3) is 0.333. The van der Waals surface area contributed by atoms with Gasteiger partial charge in [-0.25, -0.2) is 0 Å². The number of benzene rings is 1. The van der Waals surface area contributed by atoms with E-state index in [0.717, 1.165) is 11.3 Å². The first-order valence-electron chi connectivity index (χ1n) is 4.33. The van der Waals surface area contributed by atoms with Crippen molar-refractivity contribution in [2.45, 2.75) is 13.1 Å². The first-order chi connectivity index (χ1) is 6.23. The van der Waals surface area contributed by atoms with Crippen LogP contribution >= 0.6 is 7.52 Å². The molecule has 70 valence electrons. The third-order valence-corrected chi connectivity index (χ3v) is 4.04. The summed E-state index contributed by atoms with van der Waals surface area (Å²) in [5.74, 6) is 0. The van der Waals surface area contributed by atoms with Gasteiger partial charge in [-0.05, 0) is 18.6 Å². The van der Waals surface area contributed by atoms with Gasteiger partial charge in [-0.15, -0.1) is 0 Å². The Hall–Kier alpha value is -0.790. The van der Waals surface area contributed by atoms with Gasteiger partial charge in [0.05, 0.1) is 12.8 Å². The Kier molecular flexibility index (Phi) is 2.14. The zero-order valence-corrected chi connectivity index (χ0v) is 8.38. The summed E-state index contributed by atoms with van der Waals surface area (Å²) in [4.78, 5) is 0. The highest BCUT2D eigenvalue weighted by atomic mass is 31.2. The third-order valence-electron chi connectivity index (χ3n) is 2.02. The van der Waals surface area contributed by atoms with Crippen LogP contribution in [-0.2, 0) is 15.3 Å². The lowest BCUT2D eigenvalue weighted by Crippen LogP contribution is -1.94. The molecule has 13 heavy (non-hydrogen) atoms. The quantitative estimate of drug-likeness (QED) is 0.741. The largest absolute Gasteiger partial charge is 0.315 e.